The molecule has 1 aliphatic heterocycles. The Labute approximate surface area is 176 Å². The Balaban J connectivity index is 1.52. The minimum Gasteiger partial charge on any atom is -0.377 e. The number of nitrogens with one attached hydrogen (secondary N) is 1. The summed E-state index contributed by atoms with van der Waals surface area (Å²) in [7, 11) is 0. The van der Waals surface area contributed by atoms with Crippen LogP contribution in [0.1, 0.15) is 46.5 Å². The monoisotopic (exact) mass is 423 g/mol. The standard InChI is InChI=1S/C20H30ClN5O3/c1-20(2,3)25-10-8-24(9-11-25)19(27)14-4-6-15(7-5-14)23-16-12-18(21)22-13-17(16)26(28)29/h12-15H,4-11H2,1-3H3,(H,22,23). The molecule has 2 aliphatic rings. The molecule has 0 radical (unpaired) electrons. The largest absolute Gasteiger partial charge is 0.377 e. The van der Waals surface area contributed by atoms with Crippen LogP contribution < -0.4 is 5.32 Å². The van der Waals surface area contributed by atoms with Gasteiger partial charge in [-0.15, -0.1) is 0 Å². The molecule has 1 aromatic heterocycles. The number of hydrogen-bond donors (Lipinski definition) is 1. The topological polar surface area (TPSA) is 91.6 Å². The van der Waals surface area contributed by atoms with Crippen molar-refractivity contribution < 1.29 is 9.72 Å². The van der Waals surface area contributed by atoms with E-state index in [1.54, 1.807) is 0 Å². The van der Waals surface area contributed by atoms with Gasteiger partial charge in [-0.05, 0) is 46.5 Å². The van der Waals surface area contributed by atoms with Gasteiger partial charge in [-0.3, -0.25) is 19.8 Å². The number of nitro groups is 1. The van der Waals surface area contributed by atoms with Gasteiger partial charge in [0.2, 0.25) is 5.91 Å². The van der Waals surface area contributed by atoms with Crippen molar-refractivity contribution in [2.24, 2.45) is 5.92 Å². The molecule has 0 aromatic carbocycles. The highest BCUT2D eigenvalue weighted by Gasteiger charge is 2.33. The van der Waals surface area contributed by atoms with Gasteiger partial charge >= 0.3 is 5.69 Å². The van der Waals surface area contributed by atoms with Crippen LogP contribution in [0.3, 0.4) is 0 Å². The van der Waals surface area contributed by atoms with Crippen molar-refractivity contribution >= 4 is 28.9 Å². The summed E-state index contributed by atoms with van der Waals surface area (Å²) < 4.78 is 0. The molecule has 1 aliphatic carbocycles. The Hall–Kier alpha value is -1.93. The molecule has 29 heavy (non-hydrogen) atoms. The lowest BCUT2D eigenvalue weighted by Gasteiger charge is -2.43. The Morgan fingerprint density at radius 2 is 1.83 bits per heavy atom. The molecule has 3 rings (SSSR count). The average Bonchev–Trinajstić information content (AvgIpc) is 2.67. The van der Waals surface area contributed by atoms with Gasteiger partial charge in [0, 0.05) is 49.7 Å². The van der Waals surface area contributed by atoms with Crippen molar-refractivity contribution in [3.63, 3.8) is 0 Å². The second kappa shape index (κ2) is 8.83. The lowest BCUT2D eigenvalue weighted by atomic mass is 9.85. The number of rotatable bonds is 4. The molecule has 2 heterocycles. The molecule has 0 bridgehead atoms. The van der Waals surface area contributed by atoms with Crippen LogP contribution in [0.5, 0.6) is 0 Å². The van der Waals surface area contributed by atoms with Crippen LogP contribution in [0, 0.1) is 16.0 Å². The minimum absolute atomic E-state index is 0.0465. The van der Waals surface area contributed by atoms with Gasteiger partial charge in [0.15, 0.2) is 0 Å². The van der Waals surface area contributed by atoms with E-state index in [1.165, 1.54) is 12.3 Å². The number of nitrogens with zero attached hydrogens (tertiary/aromatic N) is 4. The molecular formula is C20H30ClN5O3. The fraction of sp³-hybridized carbons (Fsp3) is 0.700. The number of carbonyl (C=O) groups excluding carboxylic acids is 1. The fourth-order valence-corrected chi connectivity index (χ4v) is 4.40. The van der Waals surface area contributed by atoms with E-state index >= 15 is 0 Å². The van der Waals surface area contributed by atoms with E-state index in [-0.39, 0.29) is 34.2 Å². The zero-order valence-corrected chi connectivity index (χ0v) is 18.1. The molecule has 0 unspecified atom stereocenters. The normalized spacial score (nSPS) is 23.7. The van der Waals surface area contributed by atoms with Crippen LogP contribution in [0.4, 0.5) is 11.4 Å². The molecule has 2 fully saturated rings. The molecule has 8 nitrogen and oxygen atoms in total. The number of piperazine rings is 1. The van der Waals surface area contributed by atoms with Crippen LogP contribution in [-0.2, 0) is 4.79 Å². The highest BCUT2D eigenvalue weighted by Crippen LogP contribution is 2.32. The lowest BCUT2D eigenvalue weighted by Crippen LogP contribution is -2.55. The van der Waals surface area contributed by atoms with Crippen molar-refractivity contribution in [1.29, 1.82) is 0 Å². The van der Waals surface area contributed by atoms with Gasteiger partial charge in [-0.25, -0.2) is 4.98 Å². The molecular weight excluding hydrogens is 394 g/mol. The van der Waals surface area contributed by atoms with Gasteiger partial charge in [-0.2, -0.15) is 0 Å². The first-order valence-corrected chi connectivity index (χ1v) is 10.6. The maximum atomic E-state index is 12.9. The fourth-order valence-electron chi connectivity index (χ4n) is 4.24. The van der Waals surface area contributed by atoms with E-state index in [0.717, 1.165) is 51.9 Å². The summed E-state index contributed by atoms with van der Waals surface area (Å²) in [6.07, 6.45) is 4.37. The van der Waals surface area contributed by atoms with Crippen molar-refractivity contribution in [3.05, 3.63) is 27.5 Å². The number of carbonyl (C=O) groups is 1. The van der Waals surface area contributed by atoms with Gasteiger partial charge in [-0.1, -0.05) is 11.6 Å². The molecule has 1 aromatic rings. The predicted octanol–water partition coefficient (Wildman–Crippen LogP) is 3.56. The zero-order valence-electron chi connectivity index (χ0n) is 17.4. The Bertz CT molecular complexity index is 751. The summed E-state index contributed by atoms with van der Waals surface area (Å²) in [5.74, 6) is 0.306. The third-order valence-electron chi connectivity index (χ3n) is 6.02. The average molecular weight is 424 g/mol. The number of aromatic nitrogens is 1. The van der Waals surface area contributed by atoms with E-state index in [9.17, 15) is 14.9 Å². The molecule has 1 saturated carbocycles. The smallest absolute Gasteiger partial charge is 0.310 e. The van der Waals surface area contributed by atoms with Gasteiger partial charge in [0.05, 0.1) is 4.92 Å². The van der Waals surface area contributed by atoms with Crippen LogP contribution in [0.25, 0.3) is 0 Å². The number of halogens is 1. The first kappa shape index (κ1) is 21.8. The Morgan fingerprint density at radius 1 is 1.21 bits per heavy atom. The second-order valence-corrected chi connectivity index (χ2v) is 9.34. The van der Waals surface area contributed by atoms with E-state index in [4.69, 9.17) is 11.6 Å². The van der Waals surface area contributed by atoms with E-state index < -0.39 is 4.92 Å². The molecule has 1 N–H and O–H groups in total. The third-order valence-corrected chi connectivity index (χ3v) is 6.23. The number of anilines is 1. The van der Waals surface area contributed by atoms with E-state index in [1.807, 2.05) is 4.90 Å². The number of pyridine rings is 1. The van der Waals surface area contributed by atoms with Crippen molar-refractivity contribution in [1.82, 2.24) is 14.8 Å². The van der Waals surface area contributed by atoms with Gasteiger partial charge in [0.1, 0.15) is 17.0 Å². The number of hydrogen-bond acceptors (Lipinski definition) is 6. The summed E-state index contributed by atoms with van der Waals surface area (Å²) in [5.41, 5.74) is 0.449. The highest BCUT2D eigenvalue weighted by atomic mass is 35.5. The van der Waals surface area contributed by atoms with E-state index in [0.29, 0.717) is 5.69 Å². The molecule has 0 spiro atoms. The third kappa shape index (κ3) is 5.36. The highest BCUT2D eigenvalue weighted by molar-refractivity contribution is 6.29. The van der Waals surface area contributed by atoms with Crippen molar-refractivity contribution in [3.8, 4) is 0 Å². The Kier molecular flexibility index (Phi) is 6.63. The molecule has 1 saturated heterocycles. The maximum Gasteiger partial charge on any atom is 0.310 e. The quantitative estimate of drug-likeness (QED) is 0.452. The summed E-state index contributed by atoms with van der Waals surface area (Å²) >= 11 is 5.90. The van der Waals surface area contributed by atoms with E-state index in [2.05, 4.69) is 36.0 Å². The Morgan fingerprint density at radius 3 is 2.38 bits per heavy atom. The second-order valence-electron chi connectivity index (χ2n) is 8.96. The van der Waals surface area contributed by atoms with Crippen LogP contribution in [-0.4, -0.2) is 63.4 Å². The number of amides is 1. The minimum atomic E-state index is -0.460. The van der Waals surface area contributed by atoms with Gasteiger partial charge < -0.3 is 10.2 Å². The zero-order chi connectivity index (χ0) is 21.2. The van der Waals surface area contributed by atoms with Crippen molar-refractivity contribution in [2.45, 2.75) is 58.0 Å². The molecule has 1 amide bonds. The van der Waals surface area contributed by atoms with Crippen LogP contribution >= 0.6 is 11.6 Å². The summed E-state index contributed by atoms with van der Waals surface area (Å²) in [4.78, 5) is 31.9. The SMILES string of the molecule is CC(C)(C)N1CCN(C(=O)C2CCC(Nc3cc(Cl)ncc3[N+](=O)[O-])CC2)CC1. The first-order chi connectivity index (χ1) is 13.6. The summed E-state index contributed by atoms with van der Waals surface area (Å²) in [5, 5.41) is 14.7. The van der Waals surface area contributed by atoms with Gasteiger partial charge in [0.25, 0.3) is 0 Å². The van der Waals surface area contributed by atoms with Crippen LogP contribution in [0.2, 0.25) is 5.15 Å². The van der Waals surface area contributed by atoms with Crippen LogP contribution in [0.15, 0.2) is 12.3 Å². The molecule has 0 atom stereocenters. The predicted molar refractivity (Wildman–Crippen MR) is 113 cm³/mol. The lowest BCUT2D eigenvalue weighted by molar-refractivity contribution is -0.384. The maximum absolute atomic E-state index is 12.9. The first-order valence-electron chi connectivity index (χ1n) is 10.3. The molecule has 160 valence electrons. The molecule has 9 heteroatoms. The summed E-state index contributed by atoms with van der Waals surface area (Å²) in [6.45, 7) is 10.0. The van der Waals surface area contributed by atoms with Crippen molar-refractivity contribution in [2.75, 3.05) is 31.5 Å². The summed E-state index contributed by atoms with van der Waals surface area (Å²) in [6, 6.07) is 1.58.